The van der Waals surface area contributed by atoms with Gasteiger partial charge in [0, 0.05) is 13.1 Å². The molecule has 0 bridgehead atoms. The summed E-state index contributed by atoms with van der Waals surface area (Å²) in [7, 11) is 1.80. The van der Waals surface area contributed by atoms with Crippen molar-refractivity contribution in [3.63, 3.8) is 0 Å². The van der Waals surface area contributed by atoms with Crippen molar-refractivity contribution in [2.45, 2.75) is 46.2 Å². The third-order valence-corrected chi connectivity index (χ3v) is 3.89. The number of benzene rings is 1. The van der Waals surface area contributed by atoms with E-state index in [1.165, 1.54) is 0 Å². The molecule has 0 aliphatic carbocycles. The summed E-state index contributed by atoms with van der Waals surface area (Å²) < 4.78 is 0. The van der Waals surface area contributed by atoms with Gasteiger partial charge in [0.2, 0.25) is 5.91 Å². The maximum atomic E-state index is 12.4. The normalized spacial score (nSPS) is 14.7. The SMILES string of the molecule is CC(N(C)C(=O)C(N)Cc1ccc(O)cc1)C(C)(C)C. The van der Waals surface area contributed by atoms with Crippen molar-refractivity contribution in [1.29, 1.82) is 0 Å². The Kier molecular flexibility index (Phi) is 5.17. The minimum atomic E-state index is -0.561. The number of nitrogens with zero attached hydrogens (tertiary/aromatic N) is 1. The highest BCUT2D eigenvalue weighted by molar-refractivity contribution is 5.82. The van der Waals surface area contributed by atoms with Gasteiger partial charge in [0.15, 0.2) is 0 Å². The van der Waals surface area contributed by atoms with Crippen LogP contribution in [0.15, 0.2) is 24.3 Å². The lowest BCUT2D eigenvalue weighted by Crippen LogP contribution is -2.50. The first-order valence-electron chi connectivity index (χ1n) is 6.93. The smallest absolute Gasteiger partial charge is 0.239 e. The second kappa shape index (κ2) is 6.27. The summed E-state index contributed by atoms with van der Waals surface area (Å²) in [5, 5.41) is 9.24. The van der Waals surface area contributed by atoms with Gasteiger partial charge in [0.25, 0.3) is 0 Å². The molecule has 112 valence electrons. The lowest BCUT2D eigenvalue weighted by molar-refractivity contribution is -0.135. The number of nitrogens with two attached hydrogens (primary N) is 1. The molecule has 0 saturated carbocycles. The van der Waals surface area contributed by atoms with E-state index in [0.717, 1.165) is 5.56 Å². The zero-order chi connectivity index (χ0) is 15.5. The molecule has 4 nitrogen and oxygen atoms in total. The van der Waals surface area contributed by atoms with Gasteiger partial charge in [-0.25, -0.2) is 0 Å². The first-order chi connectivity index (χ1) is 9.12. The molecule has 0 aromatic heterocycles. The molecule has 2 atom stereocenters. The van der Waals surface area contributed by atoms with Crippen molar-refractivity contribution in [3.05, 3.63) is 29.8 Å². The van der Waals surface area contributed by atoms with Crippen LogP contribution in [0, 0.1) is 5.41 Å². The first kappa shape index (κ1) is 16.5. The van der Waals surface area contributed by atoms with Crippen molar-refractivity contribution >= 4 is 5.91 Å². The van der Waals surface area contributed by atoms with Crippen LogP contribution >= 0.6 is 0 Å². The summed E-state index contributed by atoms with van der Waals surface area (Å²) in [5.41, 5.74) is 6.98. The quantitative estimate of drug-likeness (QED) is 0.887. The van der Waals surface area contributed by atoms with E-state index >= 15 is 0 Å². The van der Waals surface area contributed by atoms with Crippen LogP contribution in [0.5, 0.6) is 5.75 Å². The number of hydrogen-bond acceptors (Lipinski definition) is 3. The summed E-state index contributed by atoms with van der Waals surface area (Å²) in [5.74, 6) is 0.160. The van der Waals surface area contributed by atoms with E-state index < -0.39 is 6.04 Å². The van der Waals surface area contributed by atoms with Crippen LogP contribution in [0.4, 0.5) is 0 Å². The van der Waals surface area contributed by atoms with Gasteiger partial charge in [0.05, 0.1) is 6.04 Å². The second-order valence-corrected chi connectivity index (χ2v) is 6.47. The van der Waals surface area contributed by atoms with Crippen molar-refractivity contribution in [3.8, 4) is 5.75 Å². The maximum absolute atomic E-state index is 12.4. The summed E-state index contributed by atoms with van der Waals surface area (Å²) in [6.07, 6.45) is 0.473. The van der Waals surface area contributed by atoms with Gasteiger partial charge in [-0.15, -0.1) is 0 Å². The van der Waals surface area contributed by atoms with E-state index in [-0.39, 0.29) is 23.1 Å². The molecule has 20 heavy (non-hydrogen) atoms. The number of rotatable bonds is 4. The minimum Gasteiger partial charge on any atom is -0.508 e. The van der Waals surface area contributed by atoms with Crippen LogP contribution in [-0.4, -0.2) is 35.0 Å². The summed E-state index contributed by atoms with van der Waals surface area (Å²) in [6, 6.07) is 6.34. The molecular formula is C16H26N2O2. The van der Waals surface area contributed by atoms with E-state index in [9.17, 15) is 9.90 Å². The van der Waals surface area contributed by atoms with Gasteiger partial charge < -0.3 is 15.7 Å². The van der Waals surface area contributed by atoms with Gasteiger partial charge >= 0.3 is 0 Å². The monoisotopic (exact) mass is 278 g/mol. The van der Waals surface area contributed by atoms with Crippen LogP contribution in [0.2, 0.25) is 0 Å². The average Bonchev–Trinajstić information content (AvgIpc) is 2.37. The van der Waals surface area contributed by atoms with Gasteiger partial charge in [-0.1, -0.05) is 32.9 Å². The third kappa shape index (κ3) is 4.23. The molecule has 0 saturated heterocycles. The number of amides is 1. The summed E-state index contributed by atoms with van der Waals surface area (Å²) >= 11 is 0. The van der Waals surface area contributed by atoms with E-state index in [2.05, 4.69) is 20.8 Å². The number of carbonyl (C=O) groups is 1. The number of carbonyl (C=O) groups excluding carboxylic acids is 1. The molecule has 4 heteroatoms. The highest BCUT2D eigenvalue weighted by Crippen LogP contribution is 2.23. The van der Waals surface area contributed by atoms with E-state index in [1.807, 2.05) is 6.92 Å². The molecule has 0 spiro atoms. The minimum absolute atomic E-state index is 0.0165. The molecule has 0 heterocycles. The van der Waals surface area contributed by atoms with Crippen molar-refractivity contribution < 1.29 is 9.90 Å². The molecule has 3 N–H and O–H groups in total. The molecule has 0 aliphatic rings. The number of aromatic hydroxyl groups is 1. The molecule has 1 rings (SSSR count). The third-order valence-electron chi connectivity index (χ3n) is 3.89. The molecule has 1 amide bonds. The van der Waals surface area contributed by atoms with Gasteiger partial charge in [-0.05, 0) is 36.5 Å². The molecule has 1 aromatic rings. The Morgan fingerprint density at radius 3 is 2.25 bits per heavy atom. The van der Waals surface area contributed by atoms with Crippen molar-refractivity contribution in [2.75, 3.05) is 7.05 Å². The standard InChI is InChI=1S/C16H26N2O2/c1-11(16(2,3)4)18(5)15(20)14(17)10-12-6-8-13(19)9-7-12/h6-9,11,14,19H,10,17H2,1-5H3. The second-order valence-electron chi connectivity index (χ2n) is 6.47. The van der Waals surface area contributed by atoms with E-state index in [0.29, 0.717) is 6.42 Å². The van der Waals surface area contributed by atoms with Crippen LogP contribution < -0.4 is 5.73 Å². The fourth-order valence-electron chi connectivity index (χ4n) is 2.01. The summed E-state index contributed by atoms with van der Waals surface area (Å²) in [4.78, 5) is 14.1. The highest BCUT2D eigenvalue weighted by atomic mass is 16.3. The Bertz CT molecular complexity index is 449. The van der Waals surface area contributed by atoms with Crippen molar-refractivity contribution in [2.24, 2.45) is 11.1 Å². The van der Waals surface area contributed by atoms with Crippen molar-refractivity contribution in [1.82, 2.24) is 4.90 Å². The van der Waals surface area contributed by atoms with Crippen LogP contribution in [0.1, 0.15) is 33.3 Å². The largest absolute Gasteiger partial charge is 0.508 e. The van der Waals surface area contributed by atoms with Gasteiger partial charge in [-0.3, -0.25) is 4.79 Å². The lowest BCUT2D eigenvalue weighted by Gasteiger charge is -2.36. The fourth-order valence-corrected chi connectivity index (χ4v) is 2.01. The molecule has 0 radical (unpaired) electrons. The predicted molar refractivity (Wildman–Crippen MR) is 81.5 cm³/mol. The number of likely N-dealkylation sites (N-methyl/N-ethyl adjacent to an activating group) is 1. The lowest BCUT2D eigenvalue weighted by atomic mass is 9.87. The number of phenolic OH excluding ortho intramolecular Hbond substituents is 1. The molecule has 0 fully saturated rings. The Morgan fingerprint density at radius 2 is 1.80 bits per heavy atom. The van der Waals surface area contributed by atoms with E-state index in [4.69, 9.17) is 5.73 Å². The van der Waals surface area contributed by atoms with Gasteiger partial charge in [0.1, 0.15) is 5.75 Å². The van der Waals surface area contributed by atoms with E-state index in [1.54, 1.807) is 36.2 Å². The Morgan fingerprint density at radius 1 is 1.30 bits per heavy atom. The Labute approximate surface area is 121 Å². The number of phenols is 1. The Hall–Kier alpha value is -1.55. The van der Waals surface area contributed by atoms with Crippen LogP contribution in [0.25, 0.3) is 0 Å². The summed E-state index contributed by atoms with van der Waals surface area (Å²) in [6.45, 7) is 8.35. The maximum Gasteiger partial charge on any atom is 0.239 e. The Balaban J connectivity index is 2.69. The highest BCUT2D eigenvalue weighted by Gasteiger charge is 2.29. The fraction of sp³-hybridized carbons (Fsp3) is 0.562. The molecule has 0 aliphatic heterocycles. The zero-order valence-corrected chi connectivity index (χ0v) is 13.1. The van der Waals surface area contributed by atoms with Crippen LogP contribution in [0.3, 0.4) is 0 Å². The molecular weight excluding hydrogens is 252 g/mol. The zero-order valence-electron chi connectivity index (χ0n) is 13.1. The van der Waals surface area contributed by atoms with Gasteiger partial charge in [-0.2, -0.15) is 0 Å². The first-order valence-corrected chi connectivity index (χ1v) is 6.93. The average molecular weight is 278 g/mol. The predicted octanol–water partition coefficient (Wildman–Crippen LogP) is 2.15. The molecule has 2 unspecified atom stereocenters. The van der Waals surface area contributed by atoms with Crippen LogP contribution in [-0.2, 0) is 11.2 Å². The molecule has 1 aromatic carbocycles. The number of hydrogen-bond donors (Lipinski definition) is 2. The topological polar surface area (TPSA) is 66.6 Å².